The first-order valence-electron chi connectivity index (χ1n) is 8.20. The highest BCUT2D eigenvalue weighted by molar-refractivity contribution is 5.69. The molecule has 0 bridgehead atoms. The van der Waals surface area contributed by atoms with E-state index in [1.165, 1.54) is 44.9 Å². The van der Waals surface area contributed by atoms with E-state index in [0.29, 0.717) is 18.6 Å². The summed E-state index contributed by atoms with van der Waals surface area (Å²) in [6, 6.07) is 0. The Kier molecular flexibility index (Phi) is 5.85. The number of aliphatic hydroxyl groups excluding tert-OH is 1. The van der Waals surface area contributed by atoms with Crippen molar-refractivity contribution >= 4 is 5.97 Å². The molecule has 4 heteroatoms. The van der Waals surface area contributed by atoms with Gasteiger partial charge in [0, 0.05) is 6.54 Å². The predicted octanol–water partition coefficient (Wildman–Crippen LogP) is 2.35. The first-order valence-corrected chi connectivity index (χ1v) is 8.20. The highest BCUT2D eigenvalue weighted by Crippen LogP contribution is 2.44. The molecule has 1 spiro atoms. The van der Waals surface area contributed by atoms with Crippen LogP contribution in [-0.4, -0.2) is 48.3 Å². The van der Waals surface area contributed by atoms with Gasteiger partial charge in [-0.2, -0.15) is 0 Å². The van der Waals surface area contributed by atoms with Crippen molar-refractivity contribution in [2.24, 2.45) is 5.41 Å². The molecule has 0 amide bonds. The van der Waals surface area contributed by atoms with E-state index >= 15 is 0 Å². The maximum Gasteiger partial charge on any atom is 0.308 e. The maximum atomic E-state index is 11.3. The smallest absolute Gasteiger partial charge is 0.308 e. The Morgan fingerprint density at radius 2 is 1.85 bits per heavy atom. The second kappa shape index (κ2) is 7.41. The third-order valence-corrected chi connectivity index (χ3v) is 5.01. The minimum atomic E-state index is -0.588. The van der Waals surface area contributed by atoms with E-state index in [9.17, 15) is 9.90 Å². The third-order valence-electron chi connectivity index (χ3n) is 5.01. The first-order chi connectivity index (χ1) is 9.63. The summed E-state index contributed by atoms with van der Waals surface area (Å²) in [6.07, 6.45) is 9.04. The normalized spacial score (nSPS) is 24.5. The summed E-state index contributed by atoms with van der Waals surface area (Å²) in [4.78, 5) is 13.6. The average molecular weight is 283 g/mol. The lowest BCUT2D eigenvalue weighted by molar-refractivity contribution is -0.145. The quantitative estimate of drug-likeness (QED) is 0.787. The summed E-state index contributed by atoms with van der Waals surface area (Å²) >= 11 is 0. The summed E-state index contributed by atoms with van der Waals surface area (Å²) in [7, 11) is 0. The zero-order valence-corrected chi connectivity index (χ0v) is 12.8. The largest absolute Gasteiger partial charge is 0.466 e. The van der Waals surface area contributed by atoms with Crippen molar-refractivity contribution in [2.45, 2.75) is 64.4 Å². The number of likely N-dealkylation sites (tertiary alicyclic amines) is 1. The maximum absolute atomic E-state index is 11.3. The Morgan fingerprint density at radius 3 is 2.45 bits per heavy atom. The van der Waals surface area contributed by atoms with E-state index < -0.39 is 6.10 Å². The van der Waals surface area contributed by atoms with Gasteiger partial charge in [-0.25, -0.2) is 0 Å². The number of aliphatic hydroxyl groups is 1. The molecule has 1 saturated carbocycles. The lowest BCUT2D eigenvalue weighted by atomic mass is 9.68. The summed E-state index contributed by atoms with van der Waals surface area (Å²) in [5, 5.41) is 9.96. The monoisotopic (exact) mass is 283 g/mol. The molecule has 2 fully saturated rings. The van der Waals surface area contributed by atoms with Gasteiger partial charge in [0.15, 0.2) is 0 Å². The SMILES string of the molecule is CCOC(=O)CC(O)CN1CCC2(CCCCC2)CC1. The molecule has 1 aliphatic heterocycles. The van der Waals surface area contributed by atoms with E-state index in [1.807, 2.05) is 0 Å². The minimum Gasteiger partial charge on any atom is -0.466 e. The Bertz CT molecular complexity index is 303. The number of β-amino-alcohol motifs (C(OH)–C–C–N with tert-alkyl or cyclic N) is 1. The lowest BCUT2D eigenvalue weighted by Gasteiger charge is -2.44. The van der Waals surface area contributed by atoms with E-state index in [1.54, 1.807) is 6.92 Å². The van der Waals surface area contributed by atoms with Crippen LogP contribution in [0.25, 0.3) is 0 Å². The van der Waals surface area contributed by atoms with E-state index in [2.05, 4.69) is 4.90 Å². The van der Waals surface area contributed by atoms with E-state index in [0.717, 1.165) is 13.1 Å². The van der Waals surface area contributed by atoms with Crippen LogP contribution in [0, 0.1) is 5.41 Å². The standard InChI is InChI=1S/C16H29NO3/c1-2-20-15(19)12-14(18)13-17-10-8-16(9-11-17)6-4-3-5-7-16/h14,18H,2-13H2,1H3. The number of hydrogen-bond donors (Lipinski definition) is 1. The van der Waals surface area contributed by atoms with Crippen molar-refractivity contribution in [3.63, 3.8) is 0 Å². The molecule has 0 aromatic heterocycles. The van der Waals surface area contributed by atoms with Crippen molar-refractivity contribution in [3.05, 3.63) is 0 Å². The zero-order valence-electron chi connectivity index (χ0n) is 12.8. The first kappa shape index (κ1) is 15.8. The van der Waals surface area contributed by atoms with Crippen LogP contribution < -0.4 is 0 Å². The Hall–Kier alpha value is -0.610. The molecule has 1 unspecified atom stereocenters. The summed E-state index contributed by atoms with van der Waals surface area (Å²) in [5.74, 6) is -0.291. The van der Waals surface area contributed by atoms with Gasteiger partial charge in [0.25, 0.3) is 0 Å². The number of rotatable bonds is 5. The van der Waals surface area contributed by atoms with Gasteiger partial charge in [-0.1, -0.05) is 19.3 Å². The number of nitrogens with zero attached hydrogens (tertiary/aromatic N) is 1. The zero-order chi connectivity index (χ0) is 14.4. The van der Waals surface area contributed by atoms with Gasteiger partial charge in [0.2, 0.25) is 0 Å². The van der Waals surface area contributed by atoms with Crippen molar-refractivity contribution in [2.75, 3.05) is 26.2 Å². The number of ether oxygens (including phenoxy) is 1. The fourth-order valence-corrected chi connectivity index (χ4v) is 3.79. The molecule has 0 aromatic carbocycles. The molecule has 4 nitrogen and oxygen atoms in total. The molecule has 116 valence electrons. The molecule has 0 radical (unpaired) electrons. The molecular weight excluding hydrogens is 254 g/mol. The van der Waals surface area contributed by atoms with Crippen molar-refractivity contribution in [3.8, 4) is 0 Å². The van der Waals surface area contributed by atoms with E-state index in [4.69, 9.17) is 4.74 Å². The minimum absolute atomic E-state index is 0.121. The second-order valence-electron chi connectivity index (χ2n) is 6.52. The topological polar surface area (TPSA) is 49.8 Å². The third kappa shape index (κ3) is 4.45. The fourth-order valence-electron chi connectivity index (χ4n) is 3.79. The van der Waals surface area contributed by atoms with Gasteiger partial charge < -0.3 is 14.7 Å². The van der Waals surface area contributed by atoms with Crippen LogP contribution in [0.4, 0.5) is 0 Å². The van der Waals surface area contributed by atoms with Gasteiger partial charge in [0.1, 0.15) is 0 Å². The van der Waals surface area contributed by atoms with Crippen LogP contribution in [0.2, 0.25) is 0 Å². The highest BCUT2D eigenvalue weighted by Gasteiger charge is 2.35. The van der Waals surface area contributed by atoms with Crippen LogP contribution in [0.15, 0.2) is 0 Å². The van der Waals surface area contributed by atoms with Crippen molar-refractivity contribution in [1.82, 2.24) is 4.90 Å². The molecule has 2 rings (SSSR count). The van der Waals surface area contributed by atoms with Crippen LogP contribution in [0.5, 0.6) is 0 Å². The molecular formula is C16H29NO3. The molecule has 1 N–H and O–H groups in total. The van der Waals surface area contributed by atoms with Gasteiger partial charge in [-0.3, -0.25) is 4.79 Å². The number of hydrogen-bond acceptors (Lipinski definition) is 4. The predicted molar refractivity (Wildman–Crippen MR) is 78.4 cm³/mol. The average Bonchev–Trinajstić information content (AvgIpc) is 2.43. The fraction of sp³-hybridized carbons (Fsp3) is 0.938. The van der Waals surface area contributed by atoms with Gasteiger partial charge >= 0.3 is 5.97 Å². The summed E-state index contributed by atoms with van der Waals surface area (Å²) in [6.45, 7) is 4.92. The van der Waals surface area contributed by atoms with Gasteiger partial charge in [0.05, 0.1) is 19.1 Å². The van der Waals surface area contributed by atoms with Gasteiger partial charge in [-0.05, 0) is 51.1 Å². The molecule has 1 aliphatic carbocycles. The summed E-state index contributed by atoms with van der Waals surface area (Å²) in [5.41, 5.74) is 0.598. The molecule has 0 aromatic rings. The van der Waals surface area contributed by atoms with Crippen molar-refractivity contribution < 1.29 is 14.6 Å². The molecule has 1 atom stereocenters. The number of carbonyl (C=O) groups excluding carboxylic acids is 1. The van der Waals surface area contributed by atoms with Crippen molar-refractivity contribution in [1.29, 1.82) is 0 Å². The van der Waals surface area contributed by atoms with E-state index in [-0.39, 0.29) is 12.4 Å². The number of piperidine rings is 1. The lowest BCUT2D eigenvalue weighted by Crippen LogP contribution is -2.44. The van der Waals surface area contributed by atoms with Gasteiger partial charge in [-0.15, -0.1) is 0 Å². The Morgan fingerprint density at radius 1 is 1.20 bits per heavy atom. The van der Waals surface area contributed by atoms with Crippen LogP contribution in [-0.2, 0) is 9.53 Å². The van der Waals surface area contributed by atoms with Crippen LogP contribution in [0.1, 0.15) is 58.3 Å². The Balaban J connectivity index is 1.69. The molecule has 1 heterocycles. The Labute approximate surface area is 122 Å². The van der Waals surface area contributed by atoms with Crippen LogP contribution >= 0.6 is 0 Å². The van der Waals surface area contributed by atoms with Crippen LogP contribution in [0.3, 0.4) is 0 Å². The molecule has 2 aliphatic rings. The highest BCUT2D eigenvalue weighted by atomic mass is 16.5. The number of esters is 1. The molecule has 1 saturated heterocycles. The second-order valence-corrected chi connectivity index (χ2v) is 6.52. The number of carbonyl (C=O) groups is 1. The molecule has 20 heavy (non-hydrogen) atoms. The summed E-state index contributed by atoms with van der Waals surface area (Å²) < 4.78 is 4.87.